The largest absolute Gasteiger partial charge is 0.481 e. The number of carbonyl (C=O) groups excluding carboxylic acids is 1. The maximum absolute atomic E-state index is 12.8. The lowest BCUT2D eigenvalue weighted by atomic mass is 10.2. The van der Waals surface area contributed by atoms with E-state index >= 15 is 0 Å². The van der Waals surface area contributed by atoms with Crippen molar-refractivity contribution in [3.05, 3.63) is 30.1 Å². The number of amides is 1. The fourth-order valence-electron chi connectivity index (χ4n) is 2.17. The van der Waals surface area contributed by atoms with E-state index in [4.69, 9.17) is 4.74 Å². The van der Waals surface area contributed by atoms with Gasteiger partial charge in [-0.3, -0.25) is 4.79 Å². The average molecular weight is 303 g/mol. The molecule has 1 amide bonds. The van der Waals surface area contributed by atoms with Gasteiger partial charge in [0.05, 0.1) is 0 Å². The van der Waals surface area contributed by atoms with Gasteiger partial charge in [0.1, 0.15) is 11.6 Å². The molecule has 1 fully saturated rings. The summed E-state index contributed by atoms with van der Waals surface area (Å²) in [7, 11) is 0. The first kappa shape index (κ1) is 16.7. The smallest absolute Gasteiger partial charge is 0.263 e. The lowest BCUT2D eigenvalue weighted by Gasteiger charge is -2.35. The second kappa shape index (κ2) is 7.45. The molecule has 6 heteroatoms. The zero-order valence-electron chi connectivity index (χ0n) is 11.6. The van der Waals surface area contributed by atoms with Crippen LogP contribution in [0.5, 0.6) is 5.75 Å². The third-order valence-corrected chi connectivity index (χ3v) is 3.26. The fourth-order valence-corrected chi connectivity index (χ4v) is 2.17. The molecule has 0 aromatic heterocycles. The van der Waals surface area contributed by atoms with Gasteiger partial charge >= 0.3 is 0 Å². The van der Waals surface area contributed by atoms with Gasteiger partial charge in [-0.15, -0.1) is 12.4 Å². The number of nitrogens with one attached hydrogen (secondary N) is 1. The lowest BCUT2D eigenvalue weighted by molar-refractivity contribution is -0.140. The first-order chi connectivity index (χ1) is 9.08. The van der Waals surface area contributed by atoms with Gasteiger partial charge in [0.15, 0.2) is 6.10 Å². The van der Waals surface area contributed by atoms with Gasteiger partial charge in [0.25, 0.3) is 5.91 Å². The van der Waals surface area contributed by atoms with E-state index in [9.17, 15) is 9.18 Å². The molecule has 1 unspecified atom stereocenters. The fraction of sp³-hybridized carbons (Fsp3) is 0.500. The van der Waals surface area contributed by atoms with E-state index in [0.29, 0.717) is 12.3 Å². The Balaban J connectivity index is 0.00000200. The van der Waals surface area contributed by atoms with Crippen molar-refractivity contribution in [2.45, 2.75) is 26.0 Å². The number of carbonyl (C=O) groups is 1. The standard InChI is InChI=1S/C14H19FN2O2.ClH/c1-10-9-16-7-8-17(10)14(18)11(2)19-13-5-3-12(15)4-6-13;/h3-6,10-11,16H,7-9H2,1-2H3;1H/t10-,11?;/m0./s1. The molecule has 1 aromatic carbocycles. The van der Waals surface area contributed by atoms with E-state index in [0.717, 1.165) is 13.1 Å². The van der Waals surface area contributed by atoms with Crippen molar-refractivity contribution in [1.29, 1.82) is 0 Å². The molecule has 0 aliphatic carbocycles. The highest BCUT2D eigenvalue weighted by atomic mass is 35.5. The Labute approximate surface area is 124 Å². The molecule has 20 heavy (non-hydrogen) atoms. The monoisotopic (exact) mass is 302 g/mol. The van der Waals surface area contributed by atoms with Crippen LogP contribution in [0, 0.1) is 5.82 Å². The summed E-state index contributed by atoms with van der Waals surface area (Å²) >= 11 is 0. The predicted octanol–water partition coefficient (Wildman–Crippen LogP) is 1.84. The minimum atomic E-state index is -0.564. The third-order valence-electron chi connectivity index (χ3n) is 3.26. The summed E-state index contributed by atoms with van der Waals surface area (Å²) in [6, 6.07) is 5.86. The Morgan fingerprint density at radius 2 is 2.10 bits per heavy atom. The van der Waals surface area contributed by atoms with Gasteiger partial charge in [-0.2, -0.15) is 0 Å². The highest BCUT2D eigenvalue weighted by molar-refractivity contribution is 5.85. The number of rotatable bonds is 3. The molecule has 1 N–H and O–H groups in total. The maximum Gasteiger partial charge on any atom is 0.263 e. The molecule has 1 saturated heterocycles. The lowest BCUT2D eigenvalue weighted by Crippen LogP contribution is -2.55. The first-order valence-corrected chi connectivity index (χ1v) is 6.51. The van der Waals surface area contributed by atoms with Crippen LogP contribution in [-0.2, 0) is 4.79 Å². The van der Waals surface area contributed by atoms with Crippen molar-refractivity contribution in [3.8, 4) is 5.75 Å². The molecule has 1 heterocycles. The summed E-state index contributed by atoms with van der Waals surface area (Å²) < 4.78 is 18.3. The molecule has 1 aromatic rings. The van der Waals surface area contributed by atoms with E-state index in [-0.39, 0.29) is 30.2 Å². The Bertz CT molecular complexity index is 441. The van der Waals surface area contributed by atoms with Gasteiger partial charge in [-0.25, -0.2) is 4.39 Å². The second-order valence-corrected chi connectivity index (χ2v) is 4.80. The minimum absolute atomic E-state index is 0. The Hall–Kier alpha value is -1.33. The zero-order chi connectivity index (χ0) is 13.8. The van der Waals surface area contributed by atoms with Crippen molar-refractivity contribution in [2.24, 2.45) is 0 Å². The van der Waals surface area contributed by atoms with Gasteiger partial charge in [-0.1, -0.05) is 0 Å². The quantitative estimate of drug-likeness (QED) is 0.926. The van der Waals surface area contributed by atoms with Gasteiger partial charge in [0, 0.05) is 25.7 Å². The SMILES string of the molecule is CC(Oc1ccc(F)cc1)C(=O)N1CCNC[C@@H]1C.Cl. The predicted molar refractivity (Wildman–Crippen MR) is 77.8 cm³/mol. The number of ether oxygens (including phenoxy) is 1. The third kappa shape index (κ3) is 4.08. The van der Waals surface area contributed by atoms with E-state index < -0.39 is 6.10 Å². The highest BCUT2D eigenvalue weighted by Crippen LogP contribution is 2.15. The topological polar surface area (TPSA) is 41.6 Å². The highest BCUT2D eigenvalue weighted by Gasteiger charge is 2.27. The number of nitrogens with zero attached hydrogens (tertiary/aromatic N) is 1. The molecular weight excluding hydrogens is 283 g/mol. The first-order valence-electron chi connectivity index (χ1n) is 6.51. The molecule has 2 rings (SSSR count). The molecule has 4 nitrogen and oxygen atoms in total. The summed E-state index contributed by atoms with van der Waals surface area (Å²) in [5, 5.41) is 3.24. The van der Waals surface area contributed by atoms with Crippen molar-refractivity contribution in [1.82, 2.24) is 10.2 Å². The molecule has 1 aliphatic rings. The summed E-state index contributed by atoms with van der Waals surface area (Å²) in [6.45, 7) is 6.03. The Morgan fingerprint density at radius 3 is 2.70 bits per heavy atom. The van der Waals surface area contributed by atoms with Crippen LogP contribution in [-0.4, -0.2) is 42.6 Å². The number of halogens is 2. The molecule has 0 radical (unpaired) electrons. The minimum Gasteiger partial charge on any atom is -0.481 e. The molecule has 0 saturated carbocycles. The van der Waals surface area contributed by atoms with Crippen LogP contribution in [0.3, 0.4) is 0 Å². The molecule has 112 valence electrons. The van der Waals surface area contributed by atoms with E-state index in [2.05, 4.69) is 5.32 Å². The molecule has 2 atom stereocenters. The number of piperazine rings is 1. The van der Waals surface area contributed by atoms with Crippen molar-refractivity contribution in [2.75, 3.05) is 19.6 Å². The normalized spacial score (nSPS) is 19.9. The van der Waals surface area contributed by atoms with Crippen LogP contribution < -0.4 is 10.1 Å². The van der Waals surface area contributed by atoms with Crippen LogP contribution >= 0.6 is 12.4 Å². The van der Waals surface area contributed by atoms with Crippen molar-refractivity contribution >= 4 is 18.3 Å². The van der Waals surface area contributed by atoms with Crippen molar-refractivity contribution in [3.63, 3.8) is 0 Å². The van der Waals surface area contributed by atoms with Crippen LogP contribution in [0.25, 0.3) is 0 Å². The maximum atomic E-state index is 12.8. The molecule has 1 aliphatic heterocycles. The van der Waals surface area contributed by atoms with Crippen molar-refractivity contribution < 1.29 is 13.9 Å². The van der Waals surface area contributed by atoms with Gasteiger partial charge in [-0.05, 0) is 38.1 Å². The molecule has 0 bridgehead atoms. The van der Waals surface area contributed by atoms with Crippen LogP contribution in [0.4, 0.5) is 4.39 Å². The number of hydrogen-bond donors (Lipinski definition) is 1. The Kier molecular flexibility index (Phi) is 6.23. The van der Waals surface area contributed by atoms with E-state index in [1.165, 1.54) is 24.3 Å². The summed E-state index contributed by atoms with van der Waals surface area (Å²) in [6.07, 6.45) is -0.564. The van der Waals surface area contributed by atoms with E-state index in [1.54, 1.807) is 6.92 Å². The number of hydrogen-bond acceptors (Lipinski definition) is 3. The van der Waals surface area contributed by atoms with Gasteiger partial charge in [0.2, 0.25) is 0 Å². The van der Waals surface area contributed by atoms with Gasteiger partial charge < -0.3 is 15.0 Å². The van der Waals surface area contributed by atoms with Crippen LogP contribution in [0.2, 0.25) is 0 Å². The Morgan fingerprint density at radius 1 is 1.45 bits per heavy atom. The average Bonchev–Trinajstić information content (AvgIpc) is 2.41. The summed E-state index contributed by atoms with van der Waals surface area (Å²) in [5.74, 6) is 0.158. The summed E-state index contributed by atoms with van der Waals surface area (Å²) in [4.78, 5) is 14.1. The van der Waals surface area contributed by atoms with E-state index in [1.807, 2.05) is 11.8 Å². The zero-order valence-corrected chi connectivity index (χ0v) is 12.5. The summed E-state index contributed by atoms with van der Waals surface area (Å²) in [5.41, 5.74) is 0. The molecular formula is C14H20ClFN2O2. The second-order valence-electron chi connectivity index (χ2n) is 4.80. The number of benzene rings is 1. The molecule has 0 spiro atoms. The van der Waals surface area contributed by atoms with Crippen LogP contribution in [0.1, 0.15) is 13.8 Å². The van der Waals surface area contributed by atoms with Crippen LogP contribution in [0.15, 0.2) is 24.3 Å².